The van der Waals surface area contributed by atoms with Crippen LogP contribution in [0.1, 0.15) is 41.1 Å². The largest absolute Gasteiger partial charge is 0.361 e. The number of amides is 1. The van der Waals surface area contributed by atoms with Crippen LogP contribution < -0.4 is 11.1 Å². The Morgan fingerprint density at radius 3 is 2.78 bits per heavy atom. The van der Waals surface area contributed by atoms with Crippen LogP contribution in [0.2, 0.25) is 0 Å². The van der Waals surface area contributed by atoms with Gasteiger partial charge in [-0.15, -0.1) is 12.4 Å². The maximum absolute atomic E-state index is 12.1. The summed E-state index contributed by atoms with van der Waals surface area (Å²) in [5.74, 6) is 0.883. The molecule has 5 nitrogen and oxygen atoms in total. The second-order valence-corrected chi connectivity index (χ2v) is 4.71. The molecule has 1 amide bonds. The molecule has 1 saturated carbocycles. The van der Waals surface area contributed by atoms with E-state index < -0.39 is 0 Å². The van der Waals surface area contributed by atoms with Crippen LogP contribution in [-0.4, -0.2) is 23.7 Å². The number of hydrogen-bond donors (Lipinski definition) is 2. The van der Waals surface area contributed by atoms with Crippen molar-refractivity contribution in [2.75, 3.05) is 6.54 Å². The van der Waals surface area contributed by atoms with Gasteiger partial charge in [0.2, 0.25) is 0 Å². The zero-order chi connectivity index (χ0) is 12.4. The summed E-state index contributed by atoms with van der Waals surface area (Å²) >= 11 is 0. The number of aromatic nitrogens is 1. The maximum atomic E-state index is 12.1. The first-order chi connectivity index (χ1) is 8.13. The molecule has 0 aromatic carbocycles. The highest BCUT2D eigenvalue weighted by Gasteiger charge is 2.29. The van der Waals surface area contributed by atoms with Crippen molar-refractivity contribution in [3.05, 3.63) is 17.0 Å². The van der Waals surface area contributed by atoms with Gasteiger partial charge in [-0.2, -0.15) is 0 Å². The average Bonchev–Trinajstić information content (AvgIpc) is 2.85. The van der Waals surface area contributed by atoms with Gasteiger partial charge in [-0.3, -0.25) is 4.79 Å². The van der Waals surface area contributed by atoms with Crippen molar-refractivity contribution in [3.63, 3.8) is 0 Å². The van der Waals surface area contributed by atoms with Crippen LogP contribution in [-0.2, 0) is 0 Å². The lowest BCUT2D eigenvalue weighted by atomic mass is 10.0. The van der Waals surface area contributed by atoms with Crippen molar-refractivity contribution in [1.82, 2.24) is 10.5 Å². The summed E-state index contributed by atoms with van der Waals surface area (Å²) in [6.45, 7) is 4.16. The highest BCUT2D eigenvalue weighted by atomic mass is 35.5. The maximum Gasteiger partial charge on any atom is 0.257 e. The van der Waals surface area contributed by atoms with Gasteiger partial charge < -0.3 is 15.6 Å². The molecule has 1 aromatic rings. The smallest absolute Gasteiger partial charge is 0.257 e. The number of nitrogens with zero attached hydrogens (tertiary/aromatic N) is 1. The van der Waals surface area contributed by atoms with E-state index in [0.29, 0.717) is 29.5 Å². The summed E-state index contributed by atoms with van der Waals surface area (Å²) in [5, 5.41) is 6.84. The average molecular weight is 274 g/mol. The van der Waals surface area contributed by atoms with E-state index >= 15 is 0 Å². The molecule has 1 aliphatic rings. The van der Waals surface area contributed by atoms with E-state index in [9.17, 15) is 4.79 Å². The first-order valence-electron chi connectivity index (χ1n) is 6.07. The standard InChI is InChI=1S/C12H19N3O2.ClH/c1-7-11(8(2)17-15-7)12(16)14-10-5-3-4-9(10)6-13;/h9-10H,3-6,13H2,1-2H3,(H,14,16);1H. The molecular formula is C12H20ClN3O2. The third-order valence-electron chi connectivity index (χ3n) is 3.54. The van der Waals surface area contributed by atoms with Crippen molar-refractivity contribution < 1.29 is 9.32 Å². The molecule has 1 fully saturated rings. The fourth-order valence-electron chi connectivity index (χ4n) is 2.56. The summed E-state index contributed by atoms with van der Waals surface area (Å²) < 4.78 is 5.00. The van der Waals surface area contributed by atoms with Crippen molar-refractivity contribution in [2.24, 2.45) is 11.7 Å². The Morgan fingerprint density at radius 2 is 2.22 bits per heavy atom. The number of aryl methyl sites for hydroxylation is 2. The Hall–Kier alpha value is -1.07. The number of nitrogens with one attached hydrogen (secondary N) is 1. The minimum absolute atomic E-state index is 0. The highest BCUT2D eigenvalue weighted by molar-refractivity contribution is 5.96. The molecule has 102 valence electrons. The summed E-state index contributed by atoms with van der Waals surface area (Å²) in [6.07, 6.45) is 3.24. The van der Waals surface area contributed by atoms with Gasteiger partial charge in [0.15, 0.2) is 0 Å². The first-order valence-corrected chi connectivity index (χ1v) is 6.07. The summed E-state index contributed by atoms with van der Waals surface area (Å²) in [4.78, 5) is 12.1. The molecule has 1 aromatic heterocycles. The van der Waals surface area contributed by atoms with Crippen LogP contribution in [0.5, 0.6) is 0 Å². The molecule has 3 N–H and O–H groups in total. The SMILES string of the molecule is Cc1noc(C)c1C(=O)NC1CCCC1CN.Cl. The summed E-state index contributed by atoms with van der Waals surface area (Å²) in [6, 6.07) is 0.196. The Balaban J connectivity index is 0.00000162. The predicted octanol–water partition coefficient (Wildman–Crippen LogP) is 1.57. The lowest BCUT2D eigenvalue weighted by Gasteiger charge is -2.19. The van der Waals surface area contributed by atoms with Crippen LogP contribution in [0, 0.1) is 19.8 Å². The number of rotatable bonds is 3. The number of hydrogen-bond acceptors (Lipinski definition) is 4. The third kappa shape index (κ3) is 2.84. The van der Waals surface area contributed by atoms with Crippen molar-refractivity contribution in [2.45, 2.75) is 39.2 Å². The van der Waals surface area contributed by atoms with Gasteiger partial charge in [-0.1, -0.05) is 11.6 Å². The minimum Gasteiger partial charge on any atom is -0.361 e. The third-order valence-corrected chi connectivity index (χ3v) is 3.54. The van der Waals surface area contributed by atoms with E-state index in [4.69, 9.17) is 10.3 Å². The van der Waals surface area contributed by atoms with Crippen LogP contribution in [0.15, 0.2) is 4.52 Å². The van der Waals surface area contributed by atoms with Gasteiger partial charge in [0.25, 0.3) is 5.91 Å². The first kappa shape index (κ1) is 15.0. The zero-order valence-corrected chi connectivity index (χ0v) is 11.5. The molecule has 1 aliphatic carbocycles. The molecule has 2 unspecified atom stereocenters. The lowest BCUT2D eigenvalue weighted by Crippen LogP contribution is -2.40. The number of carbonyl (C=O) groups is 1. The van der Waals surface area contributed by atoms with E-state index in [-0.39, 0.29) is 24.4 Å². The van der Waals surface area contributed by atoms with Gasteiger partial charge >= 0.3 is 0 Å². The Morgan fingerprint density at radius 1 is 1.50 bits per heavy atom. The molecule has 6 heteroatoms. The summed E-state index contributed by atoms with van der Waals surface area (Å²) in [5.41, 5.74) is 6.90. The topological polar surface area (TPSA) is 81.2 Å². The van der Waals surface area contributed by atoms with Crippen LogP contribution in [0.4, 0.5) is 0 Å². The second-order valence-electron chi connectivity index (χ2n) is 4.71. The molecule has 0 aliphatic heterocycles. The fraction of sp³-hybridized carbons (Fsp3) is 0.667. The lowest BCUT2D eigenvalue weighted by molar-refractivity contribution is 0.0926. The highest BCUT2D eigenvalue weighted by Crippen LogP contribution is 2.25. The van der Waals surface area contributed by atoms with Gasteiger partial charge in [-0.05, 0) is 39.2 Å². The fourth-order valence-corrected chi connectivity index (χ4v) is 2.56. The van der Waals surface area contributed by atoms with Crippen molar-refractivity contribution in [1.29, 1.82) is 0 Å². The van der Waals surface area contributed by atoms with Gasteiger partial charge in [-0.25, -0.2) is 0 Å². The molecule has 2 rings (SSSR count). The number of nitrogens with two attached hydrogens (primary N) is 1. The van der Waals surface area contributed by atoms with E-state index in [1.165, 1.54) is 0 Å². The van der Waals surface area contributed by atoms with Crippen molar-refractivity contribution >= 4 is 18.3 Å². The van der Waals surface area contributed by atoms with Crippen LogP contribution in [0.3, 0.4) is 0 Å². The van der Waals surface area contributed by atoms with Gasteiger partial charge in [0, 0.05) is 6.04 Å². The molecule has 0 bridgehead atoms. The van der Waals surface area contributed by atoms with Crippen LogP contribution in [0.25, 0.3) is 0 Å². The zero-order valence-electron chi connectivity index (χ0n) is 10.7. The molecule has 1 heterocycles. The molecule has 0 saturated heterocycles. The molecular weight excluding hydrogens is 254 g/mol. The monoisotopic (exact) mass is 273 g/mol. The van der Waals surface area contributed by atoms with E-state index in [1.54, 1.807) is 13.8 Å². The minimum atomic E-state index is -0.0911. The van der Waals surface area contributed by atoms with E-state index in [2.05, 4.69) is 10.5 Å². The predicted molar refractivity (Wildman–Crippen MR) is 70.9 cm³/mol. The Kier molecular flexibility index (Phi) is 5.16. The normalized spacial score (nSPS) is 22.6. The van der Waals surface area contributed by atoms with Gasteiger partial charge in [0.1, 0.15) is 11.3 Å². The second kappa shape index (κ2) is 6.20. The Labute approximate surface area is 113 Å². The molecule has 18 heavy (non-hydrogen) atoms. The summed E-state index contributed by atoms with van der Waals surface area (Å²) in [7, 11) is 0. The van der Waals surface area contributed by atoms with E-state index in [0.717, 1.165) is 19.3 Å². The van der Waals surface area contributed by atoms with Crippen LogP contribution >= 0.6 is 12.4 Å². The number of carbonyl (C=O) groups excluding carboxylic acids is 1. The molecule has 0 radical (unpaired) electrons. The number of halogens is 1. The van der Waals surface area contributed by atoms with Crippen molar-refractivity contribution in [3.8, 4) is 0 Å². The quantitative estimate of drug-likeness (QED) is 0.876. The van der Waals surface area contributed by atoms with Gasteiger partial charge in [0.05, 0.1) is 5.69 Å². The molecule has 2 atom stereocenters. The van der Waals surface area contributed by atoms with E-state index in [1.807, 2.05) is 0 Å². The molecule has 0 spiro atoms. The Bertz CT molecular complexity index is 400.